The molecule has 3 N–H and O–H groups in total. The Morgan fingerprint density at radius 3 is 2.62 bits per heavy atom. The van der Waals surface area contributed by atoms with Crippen molar-refractivity contribution in [2.45, 2.75) is 11.0 Å². The lowest BCUT2D eigenvalue weighted by atomic mass is 10.2. The van der Waals surface area contributed by atoms with Crippen LogP contribution in [0.4, 0.5) is 4.39 Å². The van der Waals surface area contributed by atoms with Crippen LogP contribution in [0.15, 0.2) is 64.5 Å². The van der Waals surface area contributed by atoms with Crippen LogP contribution in [0.2, 0.25) is 0 Å². The molecule has 6 nitrogen and oxygen atoms in total. The predicted octanol–water partition coefficient (Wildman–Crippen LogP) is 2.71. The molecule has 1 aromatic heterocycles. The van der Waals surface area contributed by atoms with E-state index in [1.165, 1.54) is 29.5 Å². The lowest BCUT2D eigenvalue weighted by molar-refractivity contribution is 0.184. The van der Waals surface area contributed by atoms with Gasteiger partial charge in [0.15, 0.2) is 15.8 Å². The standard InChI is InChI=1S/C20H22FN3O3S2/c1-22-20(23-10-11-29(26,27)19-9-5-3-7-15(19)21)24-13-16(25)18-12-14-6-2-4-8-17(14)28-18/h2-9,12,16,25H,10-11,13H2,1H3,(H2,22,23,24). The lowest BCUT2D eigenvalue weighted by Gasteiger charge is -2.14. The summed E-state index contributed by atoms with van der Waals surface area (Å²) >= 11 is 1.52. The third kappa shape index (κ3) is 5.31. The maximum atomic E-state index is 13.7. The molecule has 0 amide bonds. The van der Waals surface area contributed by atoms with Crippen molar-refractivity contribution in [1.82, 2.24) is 10.6 Å². The molecule has 9 heteroatoms. The minimum absolute atomic E-state index is 0.0509. The molecular formula is C20H22FN3O3S2. The maximum Gasteiger partial charge on any atom is 0.191 e. The number of fused-ring (bicyclic) bond motifs is 1. The number of nitrogens with one attached hydrogen (secondary N) is 2. The maximum absolute atomic E-state index is 13.7. The van der Waals surface area contributed by atoms with Crippen LogP contribution in [0.5, 0.6) is 0 Å². The molecule has 0 aliphatic heterocycles. The molecule has 1 heterocycles. The van der Waals surface area contributed by atoms with Gasteiger partial charge in [0.05, 0.1) is 5.75 Å². The molecule has 0 radical (unpaired) electrons. The van der Waals surface area contributed by atoms with Crippen LogP contribution in [0, 0.1) is 5.82 Å². The summed E-state index contributed by atoms with van der Waals surface area (Å²) in [6.45, 7) is 0.266. The van der Waals surface area contributed by atoms with E-state index in [9.17, 15) is 17.9 Å². The van der Waals surface area contributed by atoms with Gasteiger partial charge in [-0.15, -0.1) is 11.3 Å². The fourth-order valence-electron chi connectivity index (χ4n) is 2.79. The highest BCUT2D eigenvalue weighted by molar-refractivity contribution is 7.91. The Morgan fingerprint density at radius 2 is 1.90 bits per heavy atom. The van der Waals surface area contributed by atoms with Gasteiger partial charge in [-0.05, 0) is 29.7 Å². The van der Waals surface area contributed by atoms with Crippen molar-refractivity contribution in [1.29, 1.82) is 0 Å². The number of guanidine groups is 1. The van der Waals surface area contributed by atoms with Crippen molar-refractivity contribution in [2.75, 3.05) is 25.9 Å². The average Bonchev–Trinajstić information content (AvgIpc) is 3.15. The number of nitrogens with zero attached hydrogens (tertiary/aromatic N) is 1. The van der Waals surface area contributed by atoms with Crippen LogP contribution >= 0.6 is 11.3 Å². The van der Waals surface area contributed by atoms with Crippen LogP contribution in [0.1, 0.15) is 11.0 Å². The van der Waals surface area contributed by atoms with Crippen molar-refractivity contribution in [3.05, 3.63) is 65.3 Å². The molecule has 1 atom stereocenters. The molecule has 3 aromatic rings. The van der Waals surface area contributed by atoms with Gasteiger partial charge >= 0.3 is 0 Å². The number of aliphatic imine (C=N–C) groups is 1. The van der Waals surface area contributed by atoms with E-state index in [2.05, 4.69) is 15.6 Å². The molecule has 3 rings (SSSR count). The van der Waals surface area contributed by atoms with Gasteiger partial charge in [-0.2, -0.15) is 0 Å². The van der Waals surface area contributed by atoms with Crippen LogP contribution in [-0.2, 0) is 9.84 Å². The van der Waals surface area contributed by atoms with Gasteiger partial charge in [0.2, 0.25) is 0 Å². The summed E-state index contributed by atoms with van der Waals surface area (Å²) in [6.07, 6.45) is -0.729. The molecule has 0 fully saturated rings. The summed E-state index contributed by atoms with van der Waals surface area (Å²) in [5, 5.41) is 17.4. The average molecular weight is 436 g/mol. The van der Waals surface area contributed by atoms with Gasteiger partial charge < -0.3 is 15.7 Å². The Bertz CT molecular complexity index is 1080. The van der Waals surface area contributed by atoms with Gasteiger partial charge in [0.25, 0.3) is 0 Å². The quantitative estimate of drug-likeness (QED) is 0.392. The van der Waals surface area contributed by atoms with E-state index in [4.69, 9.17) is 0 Å². The highest BCUT2D eigenvalue weighted by Crippen LogP contribution is 2.29. The first kappa shape index (κ1) is 21.2. The molecule has 0 spiro atoms. The minimum atomic E-state index is -3.75. The van der Waals surface area contributed by atoms with E-state index in [0.29, 0.717) is 5.96 Å². The number of aliphatic hydroxyl groups excluding tert-OH is 1. The Balaban J connectivity index is 1.52. The molecule has 154 valence electrons. The van der Waals surface area contributed by atoms with E-state index in [-0.39, 0.29) is 23.7 Å². The first-order valence-corrected chi connectivity index (χ1v) is 11.5. The Morgan fingerprint density at radius 1 is 1.17 bits per heavy atom. The molecular weight excluding hydrogens is 413 g/mol. The molecule has 2 aromatic carbocycles. The number of hydrogen-bond donors (Lipinski definition) is 3. The number of halogens is 1. The summed E-state index contributed by atoms with van der Waals surface area (Å²) < 4.78 is 39.4. The monoisotopic (exact) mass is 435 g/mol. The molecule has 0 aliphatic carbocycles. The number of aliphatic hydroxyl groups is 1. The van der Waals surface area contributed by atoms with Gasteiger partial charge in [-0.1, -0.05) is 30.3 Å². The Hall–Kier alpha value is -2.49. The van der Waals surface area contributed by atoms with Gasteiger partial charge in [-0.25, -0.2) is 12.8 Å². The van der Waals surface area contributed by atoms with Gasteiger partial charge in [-0.3, -0.25) is 4.99 Å². The van der Waals surface area contributed by atoms with E-state index < -0.39 is 21.8 Å². The van der Waals surface area contributed by atoms with E-state index in [0.717, 1.165) is 21.0 Å². The van der Waals surface area contributed by atoms with Crippen molar-refractivity contribution in [3.8, 4) is 0 Å². The number of hydrogen-bond acceptors (Lipinski definition) is 5. The summed E-state index contributed by atoms with van der Waals surface area (Å²) in [6, 6.07) is 15.1. The minimum Gasteiger partial charge on any atom is -0.386 e. The highest BCUT2D eigenvalue weighted by Gasteiger charge is 2.18. The third-order valence-corrected chi connectivity index (χ3v) is 7.25. The second-order valence-corrected chi connectivity index (χ2v) is 9.52. The van der Waals surface area contributed by atoms with E-state index in [1.54, 1.807) is 7.05 Å². The molecule has 0 aliphatic rings. The second kappa shape index (κ2) is 9.34. The van der Waals surface area contributed by atoms with Crippen LogP contribution in [-0.4, -0.2) is 45.4 Å². The molecule has 0 saturated carbocycles. The van der Waals surface area contributed by atoms with Crippen molar-refractivity contribution < 1.29 is 17.9 Å². The van der Waals surface area contributed by atoms with Crippen molar-refractivity contribution in [2.24, 2.45) is 4.99 Å². The normalized spacial score (nSPS) is 13.4. The van der Waals surface area contributed by atoms with Crippen LogP contribution in [0.3, 0.4) is 0 Å². The lowest BCUT2D eigenvalue weighted by Crippen LogP contribution is -2.41. The van der Waals surface area contributed by atoms with E-state index in [1.807, 2.05) is 30.3 Å². The summed E-state index contributed by atoms with van der Waals surface area (Å²) in [5.41, 5.74) is 0. The number of benzene rings is 2. The largest absolute Gasteiger partial charge is 0.386 e. The fourth-order valence-corrected chi connectivity index (χ4v) is 5.08. The molecule has 1 unspecified atom stereocenters. The number of thiophene rings is 1. The number of rotatable bonds is 7. The predicted molar refractivity (Wildman–Crippen MR) is 115 cm³/mol. The molecule has 29 heavy (non-hydrogen) atoms. The molecule has 0 bridgehead atoms. The third-order valence-electron chi connectivity index (χ3n) is 4.29. The summed E-state index contributed by atoms with van der Waals surface area (Å²) in [7, 11) is -2.20. The van der Waals surface area contributed by atoms with Crippen LogP contribution < -0.4 is 10.6 Å². The zero-order chi connectivity index (χ0) is 20.9. The van der Waals surface area contributed by atoms with Gasteiger partial charge in [0, 0.05) is 29.7 Å². The van der Waals surface area contributed by atoms with Crippen molar-refractivity contribution >= 4 is 37.2 Å². The fraction of sp³-hybridized carbons (Fsp3) is 0.250. The first-order chi connectivity index (χ1) is 13.9. The van der Waals surface area contributed by atoms with E-state index >= 15 is 0 Å². The summed E-state index contributed by atoms with van der Waals surface area (Å²) in [5.74, 6) is -0.691. The smallest absolute Gasteiger partial charge is 0.191 e. The Kier molecular flexibility index (Phi) is 6.83. The molecule has 0 saturated heterocycles. The zero-order valence-corrected chi connectivity index (χ0v) is 17.4. The van der Waals surface area contributed by atoms with Gasteiger partial charge in [0.1, 0.15) is 16.8 Å². The zero-order valence-electron chi connectivity index (χ0n) is 15.8. The van der Waals surface area contributed by atoms with Crippen molar-refractivity contribution in [3.63, 3.8) is 0 Å². The Labute approximate surface area is 173 Å². The number of sulfone groups is 1. The topological polar surface area (TPSA) is 90.8 Å². The second-order valence-electron chi connectivity index (χ2n) is 6.33. The van der Waals surface area contributed by atoms with Crippen LogP contribution in [0.25, 0.3) is 10.1 Å². The first-order valence-electron chi connectivity index (χ1n) is 8.99. The highest BCUT2D eigenvalue weighted by atomic mass is 32.2. The summed E-state index contributed by atoms with van der Waals surface area (Å²) in [4.78, 5) is 4.54. The SMILES string of the molecule is CN=C(NCCS(=O)(=O)c1ccccc1F)NCC(O)c1cc2ccccc2s1.